The predicted molar refractivity (Wildman–Crippen MR) is 95.5 cm³/mol. The van der Waals surface area contributed by atoms with Gasteiger partial charge in [0, 0.05) is 11.4 Å². The van der Waals surface area contributed by atoms with Gasteiger partial charge < -0.3 is 0 Å². The Balaban J connectivity index is 2.37. The maximum absolute atomic E-state index is 13.3. The Morgan fingerprint density at radius 3 is 2.58 bits per heavy atom. The molecule has 0 aliphatic heterocycles. The molecule has 2 heterocycles. The van der Waals surface area contributed by atoms with Gasteiger partial charge in [0.05, 0.1) is 4.90 Å². The third kappa shape index (κ3) is 2.82. The highest BCUT2D eigenvalue weighted by molar-refractivity contribution is 8.00. The van der Waals surface area contributed by atoms with E-state index in [1.807, 2.05) is 39.8 Å². The molecule has 0 N–H and O–H groups in total. The van der Waals surface area contributed by atoms with Gasteiger partial charge in [-0.1, -0.05) is 19.1 Å². The number of aromatic nitrogens is 3. The van der Waals surface area contributed by atoms with Crippen LogP contribution in [0.15, 0.2) is 45.1 Å². The molecular formula is C17H19N3O2S2. The molecule has 0 saturated carbocycles. The number of aryl methyl sites for hydroxylation is 3. The number of thioether (sulfide) groups is 1. The summed E-state index contributed by atoms with van der Waals surface area (Å²) in [5.74, 6) is 0.734. The minimum Gasteiger partial charge on any atom is -0.233 e. The lowest BCUT2D eigenvalue weighted by molar-refractivity contribution is 0.594. The van der Waals surface area contributed by atoms with Crippen LogP contribution < -0.4 is 0 Å². The van der Waals surface area contributed by atoms with Crippen molar-refractivity contribution in [3.63, 3.8) is 0 Å². The number of fused-ring (bicyclic) bond motifs is 1. The van der Waals surface area contributed by atoms with Gasteiger partial charge in [-0.25, -0.2) is 17.9 Å². The van der Waals surface area contributed by atoms with Gasteiger partial charge in [-0.3, -0.25) is 0 Å². The first kappa shape index (κ1) is 17.0. The van der Waals surface area contributed by atoms with Crippen LogP contribution in [-0.4, -0.2) is 28.8 Å². The van der Waals surface area contributed by atoms with Crippen molar-refractivity contribution in [3.8, 4) is 0 Å². The van der Waals surface area contributed by atoms with Gasteiger partial charge in [0.2, 0.25) is 9.84 Å². The van der Waals surface area contributed by atoms with Gasteiger partial charge in [-0.2, -0.15) is 5.10 Å². The van der Waals surface area contributed by atoms with Crippen LogP contribution in [0.25, 0.3) is 5.65 Å². The second-order valence-electron chi connectivity index (χ2n) is 5.66. The van der Waals surface area contributed by atoms with Crippen LogP contribution in [0, 0.1) is 20.8 Å². The monoisotopic (exact) mass is 361 g/mol. The van der Waals surface area contributed by atoms with E-state index >= 15 is 0 Å². The third-order valence-corrected chi connectivity index (χ3v) is 6.44. The van der Waals surface area contributed by atoms with Gasteiger partial charge in [-0.15, -0.1) is 11.8 Å². The first-order chi connectivity index (χ1) is 11.3. The van der Waals surface area contributed by atoms with Crippen molar-refractivity contribution in [1.29, 1.82) is 0 Å². The molecule has 0 amide bonds. The van der Waals surface area contributed by atoms with E-state index in [9.17, 15) is 8.42 Å². The highest BCUT2D eigenvalue weighted by Gasteiger charge is 2.29. The van der Waals surface area contributed by atoms with E-state index in [-0.39, 0.29) is 9.79 Å². The molecule has 0 bridgehead atoms. The molecule has 5 nitrogen and oxygen atoms in total. The normalized spacial score (nSPS) is 12.0. The average Bonchev–Trinajstić information content (AvgIpc) is 2.86. The fourth-order valence-corrected chi connectivity index (χ4v) is 5.27. The number of rotatable bonds is 4. The molecule has 126 valence electrons. The van der Waals surface area contributed by atoms with Crippen LogP contribution in [0.4, 0.5) is 0 Å². The summed E-state index contributed by atoms with van der Waals surface area (Å²) in [5.41, 5.74) is 2.93. The Kier molecular flexibility index (Phi) is 4.40. The fraction of sp³-hybridized carbons (Fsp3) is 0.294. The van der Waals surface area contributed by atoms with Crippen molar-refractivity contribution in [2.24, 2.45) is 0 Å². The summed E-state index contributed by atoms with van der Waals surface area (Å²) in [6.45, 7) is 7.61. The molecule has 0 atom stereocenters. The average molecular weight is 361 g/mol. The number of hydrogen-bond acceptors (Lipinski definition) is 5. The van der Waals surface area contributed by atoms with E-state index in [1.54, 1.807) is 22.7 Å². The lowest BCUT2D eigenvalue weighted by Crippen LogP contribution is -2.05. The Morgan fingerprint density at radius 2 is 1.92 bits per heavy atom. The molecule has 2 aromatic heterocycles. The SMILES string of the molecule is CCSc1nn2c(C)cc(C)nc2c1S(=O)(=O)c1cccc(C)c1. The zero-order valence-electron chi connectivity index (χ0n) is 14.1. The van der Waals surface area contributed by atoms with E-state index in [4.69, 9.17) is 0 Å². The Labute approximate surface area is 146 Å². The van der Waals surface area contributed by atoms with Crippen molar-refractivity contribution in [2.45, 2.75) is 42.5 Å². The summed E-state index contributed by atoms with van der Waals surface area (Å²) in [6, 6.07) is 8.83. The number of benzene rings is 1. The third-order valence-electron chi connectivity index (χ3n) is 3.67. The van der Waals surface area contributed by atoms with Crippen LogP contribution in [0.5, 0.6) is 0 Å². The van der Waals surface area contributed by atoms with E-state index in [2.05, 4.69) is 10.1 Å². The molecular weight excluding hydrogens is 342 g/mol. The highest BCUT2D eigenvalue weighted by Crippen LogP contribution is 2.33. The number of hydrogen-bond donors (Lipinski definition) is 0. The summed E-state index contributed by atoms with van der Waals surface area (Å²) >= 11 is 1.42. The maximum atomic E-state index is 13.3. The minimum absolute atomic E-state index is 0.201. The predicted octanol–water partition coefficient (Wildman–Crippen LogP) is 3.60. The largest absolute Gasteiger partial charge is 0.233 e. The molecule has 0 spiro atoms. The topological polar surface area (TPSA) is 64.3 Å². The van der Waals surface area contributed by atoms with E-state index in [0.717, 1.165) is 22.7 Å². The first-order valence-electron chi connectivity index (χ1n) is 7.66. The molecule has 3 rings (SSSR count). The quantitative estimate of drug-likeness (QED) is 0.664. The van der Waals surface area contributed by atoms with Crippen molar-refractivity contribution in [3.05, 3.63) is 47.3 Å². The van der Waals surface area contributed by atoms with Gasteiger partial charge >= 0.3 is 0 Å². The van der Waals surface area contributed by atoms with Crippen molar-refractivity contribution >= 4 is 27.2 Å². The number of nitrogens with zero attached hydrogens (tertiary/aromatic N) is 3. The highest BCUT2D eigenvalue weighted by atomic mass is 32.2. The van der Waals surface area contributed by atoms with Crippen molar-refractivity contribution in [2.75, 3.05) is 5.75 Å². The van der Waals surface area contributed by atoms with Crippen LogP contribution in [0.1, 0.15) is 23.9 Å². The zero-order valence-corrected chi connectivity index (χ0v) is 15.7. The Morgan fingerprint density at radius 1 is 1.17 bits per heavy atom. The summed E-state index contributed by atoms with van der Waals surface area (Å²) < 4.78 is 28.2. The second-order valence-corrected chi connectivity index (χ2v) is 8.80. The van der Waals surface area contributed by atoms with Crippen LogP contribution in [0.2, 0.25) is 0 Å². The molecule has 0 fully saturated rings. The number of sulfone groups is 1. The smallest absolute Gasteiger partial charge is 0.213 e. The minimum atomic E-state index is -3.70. The zero-order chi connectivity index (χ0) is 17.5. The molecule has 24 heavy (non-hydrogen) atoms. The fourth-order valence-electron chi connectivity index (χ4n) is 2.65. The van der Waals surface area contributed by atoms with Crippen molar-refractivity contribution < 1.29 is 8.42 Å². The van der Waals surface area contributed by atoms with E-state index in [1.165, 1.54) is 11.8 Å². The molecule has 0 unspecified atom stereocenters. The summed E-state index contributed by atoms with van der Waals surface area (Å²) in [7, 11) is -3.70. The first-order valence-corrected chi connectivity index (χ1v) is 10.1. The van der Waals surface area contributed by atoms with Crippen molar-refractivity contribution in [1.82, 2.24) is 14.6 Å². The van der Waals surface area contributed by atoms with Gasteiger partial charge in [0.1, 0.15) is 5.03 Å². The summed E-state index contributed by atoms with van der Waals surface area (Å²) in [5, 5.41) is 5.00. The van der Waals surface area contributed by atoms with Gasteiger partial charge in [-0.05, 0) is 50.3 Å². The Hall–Kier alpha value is -1.86. The van der Waals surface area contributed by atoms with Gasteiger partial charge in [0.15, 0.2) is 10.5 Å². The maximum Gasteiger partial charge on any atom is 0.213 e. The molecule has 7 heteroatoms. The van der Waals surface area contributed by atoms with E-state index < -0.39 is 9.84 Å². The molecule has 1 aromatic carbocycles. The Bertz CT molecular complexity index is 1020. The van der Waals surface area contributed by atoms with Crippen LogP contribution >= 0.6 is 11.8 Å². The standard InChI is InChI=1S/C17H19N3O2S2/c1-5-23-17-15(16-18-12(3)10-13(4)20(16)19-17)24(21,22)14-8-6-7-11(2)9-14/h6-10H,5H2,1-4H3. The van der Waals surface area contributed by atoms with Crippen LogP contribution in [0.3, 0.4) is 0 Å². The molecule has 0 aliphatic carbocycles. The van der Waals surface area contributed by atoms with Crippen LogP contribution in [-0.2, 0) is 9.84 Å². The molecule has 0 radical (unpaired) electrons. The lowest BCUT2D eigenvalue weighted by atomic mass is 10.2. The lowest BCUT2D eigenvalue weighted by Gasteiger charge is -2.06. The second kappa shape index (κ2) is 6.22. The van der Waals surface area contributed by atoms with Gasteiger partial charge in [0.25, 0.3) is 0 Å². The summed E-state index contributed by atoms with van der Waals surface area (Å²) in [4.78, 5) is 4.94. The molecule has 0 aliphatic rings. The summed E-state index contributed by atoms with van der Waals surface area (Å²) in [6.07, 6.45) is 0. The molecule has 0 saturated heterocycles. The molecule has 3 aromatic rings. The van der Waals surface area contributed by atoms with E-state index in [0.29, 0.717) is 10.7 Å².